The van der Waals surface area contributed by atoms with Crippen LogP contribution in [0.5, 0.6) is 0 Å². The van der Waals surface area contributed by atoms with E-state index in [1.807, 2.05) is 24.3 Å². The molecule has 0 radical (unpaired) electrons. The molecule has 0 atom stereocenters. The third kappa shape index (κ3) is 3.88. The molecule has 29 heavy (non-hydrogen) atoms. The lowest BCUT2D eigenvalue weighted by Gasteiger charge is -2.12. The quantitative estimate of drug-likeness (QED) is 0.469. The largest absolute Gasteiger partial charge is 0.392 e. The number of benzene rings is 3. The third-order valence-corrected chi connectivity index (χ3v) is 4.87. The Labute approximate surface area is 167 Å². The Balaban J connectivity index is 1.67. The van der Waals surface area contributed by atoms with Crippen molar-refractivity contribution < 1.29 is 14.3 Å². The van der Waals surface area contributed by atoms with E-state index in [-0.39, 0.29) is 18.3 Å². The number of halogens is 1. The SMILES string of the molecule is O=C(NCCc1ncc[nH]1)c1cccc2c(-c3cc(CO)ccc3F)cccc12. The first-order valence-electron chi connectivity index (χ1n) is 9.35. The maximum atomic E-state index is 14.5. The minimum atomic E-state index is -0.372. The molecule has 3 N–H and O–H groups in total. The average molecular weight is 389 g/mol. The first-order chi connectivity index (χ1) is 14.2. The van der Waals surface area contributed by atoms with E-state index in [0.717, 1.165) is 16.6 Å². The predicted molar refractivity (Wildman–Crippen MR) is 110 cm³/mol. The molecule has 146 valence electrons. The molecule has 1 heterocycles. The molecule has 1 amide bonds. The highest BCUT2D eigenvalue weighted by Gasteiger charge is 2.14. The van der Waals surface area contributed by atoms with Gasteiger partial charge in [-0.25, -0.2) is 9.37 Å². The van der Waals surface area contributed by atoms with Crippen molar-refractivity contribution in [2.24, 2.45) is 0 Å². The maximum Gasteiger partial charge on any atom is 0.251 e. The lowest BCUT2D eigenvalue weighted by atomic mass is 9.94. The van der Waals surface area contributed by atoms with Crippen LogP contribution >= 0.6 is 0 Å². The molecule has 5 nitrogen and oxygen atoms in total. The number of aromatic nitrogens is 2. The number of H-pyrrole nitrogens is 1. The minimum absolute atomic E-state index is 0.165. The zero-order valence-electron chi connectivity index (χ0n) is 15.7. The molecular formula is C23H20FN3O2. The van der Waals surface area contributed by atoms with E-state index >= 15 is 0 Å². The summed E-state index contributed by atoms with van der Waals surface area (Å²) in [7, 11) is 0. The molecule has 4 rings (SSSR count). The number of imidazole rings is 1. The maximum absolute atomic E-state index is 14.5. The number of aliphatic hydroxyl groups is 1. The van der Waals surface area contributed by atoms with Gasteiger partial charge in [-0.3, -0.25) is 4.79 Å². The highest BCUT2D eigenvalue weighted by atomic mass is 19.1. The van der Waals surface area contributed by atoms with E-state index in [4.69, 9.17) is 0 Å². The normalized spacial score (nSPS) is 11.0. The summed E-state index contributed by atoms with van der Waals surface area (Å²) in [6, 6.07) is 15.5. The fourth-order valence-corrected chi connectivity index (χ4v) is 3.44. The molecule has 4 aromatic rings. The molecule has 0 aliphatic carbocycles. The molecule has 1 aromatic heterocycles. The Bertz CT molecular complexity index is 1160. The van der Waals surface area contributed by atoms with Crippen LogP contribution in [0.2, 0.25) is 0 Å². The number of nitrogens with zero attached hydrogens (tertiary/aromatic N) is 1. The van der Waals surface area contributed by atoms with Gasteiger partial charge in [0.25, 0.3) is 5.91 Å². The fraction of sp³-hybridized carbons (Fsp3) is 0.130. The summed E-state index contributed by atoms with van der Waals surface area (Å²) in [4.78, 5) is 19.9. The summed E-state index contributed by atoms with van der Waals surface area (Å²) in [6.45, 7) is 0.289. The van der Waals surface area contributed by atoms with Gasteiger partial charge in [-0.05, 0) is 40.1 Å². The van der Waals surface area contributed by atoms with Crippen LogP contribution in [0, 0.1) is 5.82 Å². The highest BCUT2D eigenvalue weighted by molar-refractivity contribution is 6.10. The van der Waals surface area contributed by atoms with Gasteiger partial charge in [0.2, 0.25) is 0 Å². The summed E-state index contributed by atoms with van der Waals surface area (Å²) in [6.07, 6.45) is 4.02. The van der Waals surface area contributed by atoms with Crippen LogP contribution in [0.15, 0.2) is 67.0 Å². The van der Waals surface area contributed by atoms with Crippen molar-refractivity contribution in [2.45, 2.75) is 13.0 Å². The first kappa shape index (κ1) is 18.8. The fourth-order valence-electron chi connectivity index (χ4n) is 3.44. The molecular weight excluding hydrogens is 369 g/mol. The van der Waals surface area contributed by atoms with Gasteiger partial charge in [0, 0.05) is 36.5 Å². The second kappa shape index (κ2) is 8.24. The molecule has 0 aliphatic heterocycles. The number of amides is 1. The smallest absolute Gasteiger partial charge is 0.251 e. The molecule has 3 aromatic carbocycles. The molecule has 0 bridgehead atoms. The van der Waals surface area contributed by atoms with Gasteiger partial charge in [0.15, 0.2) is 0 Å². The monoisotopic (exact) mass is 389 g/mol. The number of carbonyl (C=O) groups is 1. The number of aromatic amines is 1. The number of fused-ring (bicyclic) bond motifs is 1. The van der Waals surface area contributed by atoms with Gasteiger partial charge < -0.3 is 15.4 Å². The molecule has 0 saturated carbocycles. The van der Waals surface area contributed by atoms with Crippen LogP contribution < -0.4 is 5.32 Å². The zero-order chi connectivity index (χ0) is 20.2. The number of hydrogen-bond donors (Lipinski definition) is 3. The lowest BCUT2D eigenvalue weighted by Crippen LogP contribution is -2.26. The van der Waals surface area contributed by atoms with Crippen molar-refractivity contribution in [1.82, 2.24) is 15.3 Å². The van der Waals surface area contributed by atoms with E-state index in [9.17, 15) is 14.3 Å². The molecule has 0 fully saturated rings. The molecule has 0 spiro atoms. The Morgan fingerprint density at radius 1 is 1.07 bits per heavy atom. The van der Waals surface area contributed by atoms with Crippen LogP contribution in [0.4, 0.5) is 4.39 Å². The van der Waals surface area contributed by atoms with Gasteiger partial charge >= 0.3 is 0 Å². The number of aliphatic hydroxyl groups excluding tert-OH is 1. The van der Waals surface area contributed by atoms with E-state index in [2.05, 4.69) is 15.3 Å². The second-order valence-corrected chi connectivity index (χ2v) is 6.72. The minimum Gasteiger partial charge on any atom is -0.392 e. The van der Waals surface area contributed by atoms with Crippen LogP contribution in [0.25, 0.3) is 21.9 Å². The van der Waals surface area contributed by atoms with Crippen molar-refractivity contribution >= 4 is 16.7 Å². The van der Waals surface area contributed by atoms with E-state index in [0.29, 0.717) is 35.2 Å². The molecule has 0 saturated heterocycles. The standard InChI is InChI=1S/C23H20FN3O2/c24-21-8-7-15(14-28)13-20(21)18-5-1-4-17-16(18)3-2-6-19(17)23(29)27-10-9-22-25-11-12-26-22/h1-8,11-13,28H,9-10,14H2,(H,25,26)(H,27,29). The Morgan fingerprint density at radius 3 is 2.69 bits per heavy atom. The van der Waals surface area contributed by atoms with Gasteiger partial charge in [-0.1, -0.05) is 36.4 Å². The third-order valence-electron chi connectivity index (χ3n) is 4.87. The predicted octanol–water partition coefficient (Wildman–Crippen LogP) is 3.83. The number of carbonyl (C=O) groups excluding carboxylic acids is 1. The van der Waals surface area contributed by atoms with Gasteiger partial charge in [0.05, 0.1) is 6.61 Å². The summed E-state index contributed by atoms with van der Waals surface area (Å²) in [5.74, 6) is 0.247. The van der Waals surface area contributed by atoms with Crippen molar-refractivity contribution in [3.05, 3.63) is 89.8 Å². The summed E-state index contributed by atoms with van der Waals surface area (Å²) in [5.41, 5.74) is 2.24. The van der Waals surface area contributed by atoms with Crippen molar-refractivity contribution in [2.75, 3.05) is 6.54 Å². The van der Waals surface area contributed by atoms with Crippen molar-refractivity contribution in [3.8, 4) is 11.1 Å². The van der Waals surface area contributed by atoms with Crippen molar-refractivity contribution in [1.29, 1.82) is 0 Å². The van der Waals surface area contributed by atoms with Crippen LogP contribution in [0.3, 0.4) is 0 Å². The second-order valence-electron chi connectivity index (χ2n) is 6.72. The summed E-state index contributed by atoms with van der Waals surface area (Å²) in [5, 5.41) is 13.8. The van der Waals surface area contributed by atoms with Gasteiger partial charge in [0.1, 0.15) is 11.6 Å². The van der Waals surface area contributed by atoms with Gasteiger partial charge in [-0.15, -0.1) is 0 Å². The van der Waals surface area contributed by atoms with Gasteiger partial charge in [-0.2, -0.15) is 0 Å². The number of rotatable bonds is 6. The Morgan fingerprint density at radius 2 is 1.90 bits per heavy atom. The van der Waals surface area contributed by atoms with E-state index in [1.165, 1.54) is 6.07 Å². The molecule has 0 unspecified atom stereocenters. The van der Waals surface area contributed by atoms with E-state index < -0.39 is 0 Å². The Hall–Kier alpha value is -3.51. The highest BCUT2D eigenvalue weighted by Crippen LogP contribution is 2.32. The topological polar surface area (TPSA) is 78.0 Å². The summed E-state index contributed by atoms with van der Waals surface area (Å²) < 4.78 is 14.5. The molecule has 0 aliphatic rings. The number of nitrogens with one attached hydrogen (secondary N) is 2. The first-order valence-corrected chi connectivity index (χ1v) is 9.35. The van der Waals surface area contributed by atoms with Crippen molar-refractivity contribution in [3.63, 3.8) is 0 Å². The number of hydrogen-bond acceptors (Lipinski definition) is 3. The van der Waals surface area contributed by atoms with E-state index in [1.54, 1.807) is 36.7 Å². The lowest BCUT2D eigenvalue weighted by molar-refractivity contribution is 0.0955. The zero-order valence-corrected chi connectivity index (χ0v) is 15.7. The average Bonchev–Trinajstić information content (AvgIpc) is 3.27. The van der Waals surface area contributed by atoms with Crippen LogP contribution in [-0.2, 0) is 13.0 Å². The molecule has 6 heteroatoms. The summed E-state index contributed by atoms with van der Waals surface area (Å²) >= 11 is 0. The van der Waals surface area contributed by atoms with Crippen LogP contribution in [0.1, 0.15) is 21.7 Å². The Kier molecular flexibility index (Phi) is 5.35. The van der Waals surface area contributed by atoms with Crippen LogP contribution in [-0.4, -0.2) is 27.5 Å².